The van der Waals surface area contributed by atoms with Crippen LogP contribution in [0.1, 0.15) is 27.1 Å². The molecule has 0 aliphatic carbocycles. The van der Waals surface area contributed by atoms with E-state index in [1.54, 1.807) is 0 Å². The van der Waals surface area contributed by atoms with Crippen LogP contribution in [0.25, 0.3) is 6.08 Å². The summed E-state index contributed by atoms with van der Waals surface area (Å²) in [6.45, 7) is 3.51. The van der Waals surface area contributed by atoms with Crippen molar-refractivity contribution in [3.8, 4) is 0 Å². The molecule has 21 heavy (non-hydrogen) atoms. The van der Waals surface area contributed by atoms with Gasteiger partial charge in [-0.1, -0.05) is 71.2 Å². The molecule has 0 fully saturated rings. The van der Waals surface area contributed by atoms with Crippen LogP contribution in [-0.4, -0.2) is 15.0 Å². The van der Waals surface area contributed by atoms with Crippen LogP contribution in [0.5, 0.6) is 0 Å². The van der Waals surface area contributed by atoms with Crippen molar-refractivity contribution in [2.45, 2.75) is 9.67 Å². The van der Waals surface area contributed by atoms with Crippen LogP contribution in [0.4, 0.5) is 5.69 Å². The third-order valence-corrected chi connectivity index (χ3v) is 2.84. The molecular formula is C13H12Cl4N4. The minimum Gasteiger partial charge on any atom is -0.399 e. The maximum atomic E-state index is 5.60. The zero-order valence-electron chi connectivity index (χ0n) is 10.8. The molecule has 0 aliphatic heterocycles. The fourth-order valence-electron chi connectivity index (χ4n) is 1.17. The Morgan fingerprint density at radius 1 is 0.905 bits per heavy atom. The standard InChI is InChI=1S/C7H5Cl4N3.C6H7N/c1-2-3-12-6(4(8)9)14-7(13-3)5(10)11;7-6-4-2-1-3-5-6/h2,4-5H,1H2;1-5H,7H2. The first-order valence-corrected chi connectivity index (χ1v) is 7.43. The van der Waals surface area contributed by atoms with E-state index in [-0.39, 0.29) is 11.6 Å². The van der Waals surface area contributed by atoms with Gasteiger partial charge in [0.15, 0.2) is 27.1 Å². The number of hydrogen-bond acceptors (Lipinski definition) is 4. The van der Waals surface area contributed by atoms with E-state index in [0.29, 0.717) is 5.82 Å². The fraction of sp³-hybridized carbons (Fsp3) is 0.154. The summed E-state index contributed by atoms with van der Waals surface area (Å²) in [5.41, 5.74) is 6.18. The molecule has 0 saturated carbocycles. The Hall–Kier alpha value is -1.07. The van der Waals surface area contributed by atoms with Gasteiger partial charge in [0, 0.05) is 5.69 Å². The second kappa shape index (κ2) is 9.05. The molecular weight excluding hydrogens is 354 g/mol. The van der Waals surface area contributed by atoms with Crippen LogP contribution in [0.2, 0.25) is 0 Å². The Morgan fingerprint density at radius 2 is 1.38 bits per heavy atom. The van der Waals surface area contributed by atoms with Crippen molar-refractivity contribution in [1.82, 2.24) is 15.0 Å². The van der Waals surface area contributed by atoms with Crippen molar-refractivity contribution in [2.75, 3.05) is 5.73 Å². The lowest BCUT2D eigenvalue weighted by atomic mass is 10.3. The second-order valence-electron chi connectivity index (χ2n) is 3.63. The smallest absolute Gasteiger partial charge is 0.167 e. The van der Waals surface area contributed by atoms with Gasteiger partial charge in [-0.15, -0.1) is 0 Å². The Labute approximate surface area is 142 Å². The van der Waals surface area contributed by atoms with Crippen LogP contribution >= 0.6 is 46.4 Å². The highest BCUT2D eigenvalue weighted by molar-refractivity contribution is 6.44. The minimum atomic E-state index is -0.845. The highest BCUT2D eigenvalue weighted by Gasteiger charge is 2.14. The van der Waals surface area contributed by atoms with Crippen LogP contribution in [0.15, 0.2) is 36.9 Å². The summed E-state index contributed by atoms with van der Waals surface area (Å²) < 4.78 is 0. The van der Waals surface area contributed by atoms with Crippen LogP contribution in [0, 0.1) is 0 Å². The average Bonchev–Trinajstić information content (AvgIpc) is 2.48. The summed E-state index contributed by atoms with van der Waals surface area (Å²) in [5, 5.41) is 0. The number of benzene rings is 1. The quantitative estimate of drug-likeness (QED) is 0.630. The van der Waals surface area contributed by atoms with E-state index in [9.17, 15) is 0 Å². The summed E-state index contributed by atoms with van der Waals surface area (Å²) in [5.74, 6) is 0.752. The molecule has 0 radical (unpaired) electrons. The predicted octanol–water partition coefficient (Wildman–Crippen LogP) is 4.74. The summed E-state index contributed by atoms with van der Waals surface area (Å²) in [6, 6.07) is 9.49. The highest BCUT2D eigenvalue weighted by atomic mass is 35.5. The molecule has 0 unspecified atom stereocenters. The van der Waals surface area contributed by atoms with Gasteiger partial charge in [0.2, 0.25) is 0 Å². The van der Waals surface area contributed by atoms with Crippen molar-refractivity contribution in [1.29, 1.82) is 0 Å². The maximum Gasteiger partial charge on any atom is 0.167 e. The zero-order valence-corrected chi connectivity index (χ0v) is 13.8. The lowest BCUT2D eigenvalue weighted by molar-refractivity contribution is 0.871. The molecule has 2 N–H and O–H groups in total. The lowest BCUT2D eigenvalue weighted by Crippen LogP contribution is -2.04. The van der Waals surface area contributed by atoms with Crippen molar-refractivity contribution < 1.29 is 0 Å². The number of aromatic nitrogens is 3. The van der Waals surface area contributed by atoms with E-state index in [4.69, 9.17) is 52.1 Å². The van der Waals surface area contributed by atoms with E-state index < -0.39 is 9.67 Å². The molecule has 0 spiro atoms. The third-order valence-electron chi connectivity index (χ3n) is 2.06. The molecule has 2 aromatic rings. The Kier molecular flexibility index (Phi) is 7.75. The third kappa shape index (κ3) is 6.48. The average molecular weight is 366 g/mol. The molecule has 0 bridgehead atoms. The zero-order chi connectivity index (χ0) is 15.8. The molecule has 0 amide bonds. The van der Waals surface area contributed by atoms with Crippen molar-refractivity contribution in [3.05, 3.63) is 54.4 Å². The number of nitrogens with two attached hydrogens (primary N) is 1. The van der Waals surface area contributed by atoms with Gasteiger partial charge in [0.05, 0.1) is 0 Å². The molecule has 1 aromatic carbocycles. The SMILES string of the molecule is C=Cc1nc(C(Cl)Cl)nc(C(Cl)Cl)n1.Nc1ccccc1. The van der Waals surface area contributed by atoms with Gasteiger partial charge in [-0.2, -0.15) is 0 Å². The molecule has 2 rings (SSSR count). The van der Waals surface area contributed by atoms with Gasteiger partial charge >= 0.3 is 0 Å². The Morgan fingerprint density at radius 3 is 1.67 bits per heavy atom. The molecule has 4 nitrogen and oxygen atoms in total. The first-order valence-electron chi connectivity index (χ1n) is 5.69. The number of hydrogen-bond donors (Lipinski definition) is 1. The highest BCUT2D eigenvalue weighted by Crippen LogP contribution is 2.25. The first-order chi connectivity index (χ1) is 9.93. The normalized spacial score (nSPS) is 10.2. The summed E-state index contributed by atoms with van der Waals surface area (Å²) in [6.07, 6.45) is 1.43. The number of para-hydroxylation sites is 1. The van der Waals surface area contributed by atoms with E-state index in [1.165, 1.54) is 6.08 Å². The number of nitrogen functional groups attached to an aromatic ring is 1. The summed E-state index contributed by atoms with van der Waals surface area (Å²) in [4.78, 5) is 10.0. The molecule has 112 valence electrons. The van der Waals surface area contributed by atoms with Crippen LogP contribution < -0.4 is 5.73 Å². The van der Waals surface area contributed by atoms with Gasteiger partial charge in [-0.3, -0.25) is 0 Å². The number of halogens is 4. The predicted molar refractivity (Wildman–Crippen MR) is 89.7 cm³/mol. The Balaban J connectivity index is 0.000000262. The first kappa shape index (κ1) is 18.0. The largest absolute Gasteiger partial charge is 0.399 e. The monoisotopic (exact) mass is 364 g/mol. The van der Waals surface area contributed by atoms with Crippen LogP contribution in [0.3, 0.4) is 0 Å². The van der Waals surface area contributed by atoms with Crippen molar-refractivity contribution in [2.24, 2.45) is 0 Å². The second-order valence-corrected chi connectivity index (χ2v) is 5.82. The van der Waals surface area contributed by atoms with E-state index in [1.807, 2.05) is 30.3 Å². The summed E-state index contributed by atoms with van der Waals surface area (Å²) in [7, 11) is 0. The van der Waals surface area contributed by atoms with Crippen molar-refractivity contribution >= 4 is 58.2 Å². The number of nitrogens with zero attached hydrogens (tertiary/aromatic N) is 3. The molecule has 1 aromatic heterocycles. The molecule has 0 aliphatic rings. The van der Waals surface area contributed by atoms with Gasteiger partial charge in [-0.05, 0) is 18.2 Å². The number of anilines is 1. The maximum absolute atomic E-state index is 5.60. The topological polar surface area (TPSA) is 64.7 Å². The van der Waals surface area contributed by atoms with E-state index >= 15 is 0 Å². The van der Waals surface area contributed by atoms with Gasteiger partial charge < -0.3 is 5.73 Å². The molecule has 0 atom stereocenters. The van der Waals surface area contributed by atoms with Gasteiger partial charge in [0.25, 0.3) is 0 Å². The van der Waals surface area contributed by atoms with E-state index in [0.717, 1.165) is 5.69 Å². The number of alkyl halides is 4. The van der Waals surface area contributed by atoms with Gasteiger partial charge in [0.1, 0.15) is 0 Å². The lowest BCUT2D eigenvalue weighted by Gasteiger charge is -2.05. The number of rotatable bonds is 3. The minimum absolute atomic E-state index is 0.208. The molecule has 1 heterocycles. The van der Waals surface area contributed by atoms with Crippen molar-refractivity contribution in [3.63, 3.8) is 0 Å². The van der Waals surface area contributed by atoms with Crippen LogP contribution in [-0.2, 0) is 0 Å². The van der Waals surface area contributed by atoms with E-state index in [2.05, 4.69) is 21.5 Å². The Bertz CT molecular complexity index is 549. The molecule has 8 heteroatoms. The molecule has 0 saturated heterocycles. The summed E-state index contributed by atoms with van der Waals surface area (Å²) >= 11 is 22.4. The fourth-order valence-corrected chi connectivity index (χ4v) is 1.56. The van der Waals surface area contributed by atoms with Gasteiger partial charge in [-0.25, -0.2) is 15.0 Å².